The number of hydrogen-bond donors (Lipinski definition) is 0. The van der Waals surface area contributed by atoms with Crippen LogP contribution in [0.1, 0.15) is 34.4 Å². The maximum Gasteiger partial charge on any atom is 0.187 e. The van der Waals surface area contributed by atoms with E-state index in [2.05, 4.69) is 9.97 Å². The molecule has 2 heterocycles. The van der Waals surface area contributed by atoms with Crippen molar-refractivity contribution < 1.29 is 14.3 Å². The van der Waals surface area contributed by atoms with E-state index in [1.165, 1.54) is 0 Å². The van der Waals surface area contributed by atoms with E-state index in [0.717, 1.165) is 17.0 Å². The normalized spacial score (nSPS) is 12.0. The Bertz CT molecular complexity index is 668. The number of ether oxygens (including phenoxy) is 2. The van der Waals surface area contributed by atoms with Crippen LogP contribution in [0.2, 0.25) is 0 Å². The summed E-state index contributed by atoms with van der Waals surface area (Å²) in [5.41, 5.74) is 2.94. The first-order valence-electron chi connectivity index (χ1n) is 7.57. The van der Waals surface area contributed by atoms with Crippen molar-refractivity contribution >= 4 is 5.78 Å². The lowest BCUT2D eigenvalue weighted by molar-refractivity contribution is 0.0715. The lowest BCUT2D eigenvalue weighted by Gasteiger charge is -2.12. The predicted molar refractivity (Wildman–Crippen MR) is 87.9 cm³/mol. The molecule has 0 saturated carbocycles. The fourth-order valence-corrected chi connectivity index (χ4v) is 2.00. The smallest absolute Gasteiger partial charge is 0.187 e. The Morgan fingerprint density at radius 1 is 1.26 bits per heavy atom. The van der Waals surface area contributed by atoms with Crippen molar-refractivity contribution in [1.82, 2.24) is 9.97 Å². The molecule has 0 unspecified atom stereocenters. The maximum atomic E-state index is 12.4. The Hall–Kier alpha value is -2.27. The van der Waals surface area contributed by atoms with Crippen LogP contribution in [0.4, 0.5) is 0 Å². The Balaban J connectivity index is 2.10. The SMILES string of the molecule is CO[C@H](C)COc1cc(C)nc(C(=O)Cc2ccc(C)cn2)c1. The summed E-state index contributed by atoms with van der Waals surface area (Å²) in [5, 5.41) is 0. The standard InChI is InChI=1S/C18H22N2O3/c1-12-5-6-15(19-10-12)8-18(21)17-9-16(7-13(2)20-17)23-11-14(3)22-4/h5-7,9-10,14H,8,11H2,1-4H3/t14-/m1/s1. The third-order valence-corrected chi connectivity index (χ3v) is 3.41. The quantitative estimate of drug-likeness (QED) is 0.735. The van der Waals surface area contributed by atoms with Gasteiger partial charge >= 0.3 is 0 Å². The Morgan fingerprint density at radius 3 is 2.70 bits per heavy atom. The highest BCUT2D eigenvalue weighted by Crippen LogP contribution is 2.16. The van der Waals surface area contributed by atoms with E-state index < -0.39 is 0 Å². The molecule has 1 atom stereocenters. The van der Waals surface area contributed by atoms with Crippen LogP contribution < -0.4 is 4.74 Å². The van der Waals surface area contributed by atoms with Crippen LogP contribution in [0.3, 0.4) is 0 Å². The van der Waals surface area contributed by atoms with E-state index in [-0.39, 0.29) is 18.3 Å². The molecule has 2 aromatic rings. The molecule has 0 N–H and O–H groups in total. The number of carbonyl (C=O) groups excluding carboxylic acids is 1. The van der Waals surface area contributed by atoms with Gasteiger partial charge in [0.2, 0.25) is 0 Å². The highest BCUT2D eigenvalue weighted by Gasteiger charge is 2.12. The first-order valence-corrected chi connectivity index (χ1v) is 7.57. The van der Waals surface area contributed by atoms with Crippen LogP contribution >= 0.6 is 0 Å². The van der Waals surface area contributed by atoms with Gasteiger partial charge in [0.1, 0.15) is 18.1 Å². The molecule has 0 fully saturated rings. The lowest BCUT2D eigenvalue weighted by atomic mass is 10.1. The Kier molecular flexibility index (Phi) is 5.82. The van der Waals surface area contributed by atoms with Crippen molar-refractivity contribution in [2.75, 3.05) is 13.7 Å². The van der Waals surface area contributed by atoms with Gasteiger partial charge in [0, 0.05) is 36.8 Å². The predicted octanol–water partition coefficient (Wildman–Crippen LogP) is 2.93. The van der Waals surface area contributed by atoms with Gasteiger partial charge in [-0.15, -0.1) is 0 Å². The third kappa shape index (κ3) is 5.14. The molecule has 23 heavy (non-hydrogen) atoms. The third-order valence-electron chi connectivity index (χ3n) is 3.41. The molecule has 0 bridgehead atoms. The van der Waals surface area contributed by atoms with E-state index in [0.29, 0.717) is 18.1 Å². The molecule has 0 aliphatic rings. The van der Waals surface area contributed by atoms with Gasteiger partial charge in [-0.1, -0.05) is 6.07 Å². The molecule has 0 aliphatic heterocycles. The fourth-order valence-electron chi connectivity index (χ4n) is 2.00. The molecule has 5 heteroatoms. The summed E-state index contributed by atoms with van der Waals surface area (Å²) in [4.78, 5) is 21.0. The van der Waals surface area contributed by atoms with Gasteiger partial charge in [0.15, 0.2) is 5.78 Å². The Morgan fingerprint density at radius 2 is 2.04 bits per heavy atom. The minimum atomic E-state index is -0.0744. The number of pyridine rings is 2. The summed E-state index contributed by atoms with van der Waals surface area (Å²) in [6.45, 7) is 6.15. The summed E-state index contributed by atoms with van der Waals surface area (Å²) in [5.74, 6) is 0.552. The minimum Gasteiger partial charge on any atom is -0.491 e. The van der Waals surface area contributed by atoms with Crippen LogP contribution in [0.5, 0.6) is 5.75 Å². The van der Waals surface area contributed by atoms with Crippen molar-refractivity contribution in [3.8, 4) is 5.75 Å². The van der Waals surface area contributed by atoms with Gasteiger partial charge in [-0.3, -0.25) is 9.78 Å². The largest absolute Gasteiger partial charge is 0.491 e. The number of rotatable bonds is 7. The van der Waals surface area contributed by atoms with Gasteiger partial charge in [0.05, 0.1) is 12.5 Å². The molecule has 0 amide bonds. The first-order chi connectivity index (χ1) is 11.0. The summed E-state index contributed by atoms with van der Waals surface area (Å²) in [6.07, 6.45) is 1.97. The molecule has 0 spiro atoms. The Labute approximate surface area is 136 Å². The highest BCUT2D eigenvalue weighted by atomic mass is 16.5. The second-order valence-corrected chi connectivity index (χ2v) is 5.61. The van der Waals surface area contributed by atoms with Gasteiger partial charge in [-0.25, -0.2) is 4.98 Å². The van der Waals surface area contributed by atoms with Crippen LogP contribution in [-0.2, 0) is 11.2 Å². The van der Waals surface area contributed by atoms with Crippen molar-refractivity contribution in [1.29, 1.82) is 0 Å². The summed E-state index contributed by atoms with van der Waals surface area (Å²) in [6, 6.07) is 7.29. The number of ketones is 1. The summed E-state index contributed by atoms with van der Waals surface area (Å²) < 4.78 is 10.8. The molecular weight excluding hydrogens is 292 g/mol. The van der Waals surface area contributed by atoms with Crippen LogP contribution in [0.25, 0.3) is 0 Å². The lowest BCUT2D eigenvalue weighted by Crippen LogP contribution is -2.16. The van der Waals surface area contributed by atoms with Crippen molar-refractivity contribution in [2.45, 2.75) is 33.3 Å². The van der Waals surface area contributed by atoms with Crippen LogP contribution in [0.15, 0.2) is 30.5 Å². The number of carbonyl (C=O) groups is 1. The van der Waals surface area contributed by atoms with Crippen molar-refractivity contribution in [3.63, 3.8) is 0 Å². The van der Waals surface area contributed by atoms with Gasteiger partial charge in [-0.05, 0) is 32.4 Å². The van der Waals surface area contributed by atoms with E-state index in [1.54, 1.807) is 19.4 Å². The molecule has 0 radical (unpaired) electrons. The molecule has 0 aliphatic carbocycles. The summed E-state index contributed by atoms with van der Waals surface area (Å²) in [7, 11) is 1.63. The van der Waals surface area contributed by atoms with E-state index in [9.17, 15) is 4.79 Å². The van der Waals surface area contributed by atoms with Gasteiger partial charge in [-0.2, -0.15) is 0 Å². The minimum absolute atomic E-state index is 0.0145. The summed E-state index contributed by atoms with van der Waals surface area (Å²) >= 11 is 0. The number of aromatic nitrogens is 2. The zero-order valence-corrected chi connectivity index (χ0v) is 14.0. The highest BCUT2D eigenvalue weighted by molar-refractivity contribution is 5.95. The van der Waals surface area contributed by atoms with Crippen molar-refractivity contribution in [3.05, 3.63) is 53.1 Å². The second-order valence-electron chi connectivity index (χ2n) is 5.61. The number of hydrogen-bond acceptors (Lipinski definition) is 5. The topological polar surface area (TPSA) is 61.3 Å². The van der Waals surface area contributed by atoms with Gasteiger partial charge in [0.25, 0.3) is 0 Å². The molecule has 5 nitrogen and oxygen atoms in total. The zero-order valence-electron chi connectivity index (χ0n) is 14.0. The maximum absolute atomic E-state index is 12.4. The number of aryl methyl sites for hydroxylation is 2. The molecule has 2 aromatic heterocycles. The average molecular weight is 314 g/mol. The number of methoxy groups -OCH3 is 1. The molecule has 0 aromatic carbocycles. The van der Waals surface area contributed by atoms with E-state index in [4.69, 9.17) is 9.47 Å². The van der Waals surface area contributed by atoms with E-state index in [1.807, 2.05) is 39.0 Å². The average Bonchev–Trinajstić information content (AvgIpc) is 2.54. The monoisotopic (exact) mass is 314 g/mol. The van der Waals surface area contributed by atoms with Crippen LogP contribution in [0, 0.1) is 13.8 Å². The second kappa shape index (κ2) is 7.83. The molecule has 2 rings (SSSR count). The number of nitrogens with zero attached hydrogens (tertiary/aromatic N) is 2. The fraction of sp³-hybridized carbons (Fsp3) is 0.389. The molecular formula is C18H22N2O3. The van der Waals surface area contributed by atoms with Gasteiger partial charge < -0.3 is 9.47 Å². The first kappa shape index (κ1) is 17.1. The molecule has 0 saturated heterocycles. The molecule has 122 valence electrons. The van der Waals surface area contributed by atoms with Crippen molar-refractivity contribution in [2.24, 2.45) is 0 Å². The van der Waals surface area contributed by atoms with Crippen LogP contribution in [-0.4, -0.2) is 35.6 Å². The zero-order chi connectivity index (χ0) is 16.8. The number of Topliss-reactive ketones (excluding diaryl/α,β-unsaturated/α-hetero) is 1. The van der Waals surface area contributed by atoms with E-state index >= 15 is 0 Å².